The molecule has 2 aliphatic carbocycles. The Morgan fingerprint density at radius 2 is 1.77 bits per heavy atom. The normalized spacial score (nSPS) is 13.0. The van der Waals surface area contributed by atoms with E-state index in [1.54, 1.807) is 0 Å². The summed E-state index contributed by atoms with van der Waals surface area (Å²) < 4.78 is 0. The molecule has 3 heteroatoms. The van der Waals surface area contributed by atoms with Crippen LogP contribution < -0.4 is 0 Å². The minimum absolute atomic E-state index is 0.556. The van der Waals surface area contributed by atoms with Gasteiger partial charge in [-0.15, -0.1) is 12.0 Å². The van der Waals surface area contributed by atoms with Crippen LogP contribution in [0.2, 0.25) is 0 Å². The van der Waals surface area contributed by atoms with Crippen molar-refractivity contribution in [2.24, 2.45) is 0 Å². The first kappa shape index (κ1) is 17.6. The van der Waals surface area contributed by atoms with Crippen LogP contribution in [-0.2, 0) is 23.5 Å². The Hall–Kier alpha value is -0.786. The van der Waals surface area contributed by atoms with E-state index in [-0.39, 0.29) is 0 Å². The van der Waals surface area contributed by atoms with Gasteiger partial charge in [-0.1, -0.05) is 42.3 Å². The molecule has 112 valence electrons. The molecule has 2 aromatic carbocycles. The van der Waals surface area contributed by atoms with E-state index in [1.165, 1.54) is 27.8 Å². The third-order valence-electron chi connectivity index (χ3n) is 3.48. The molecule has 0 unspecified atom stereocenters. The Morgan fingerprint density at radius 1 is 1.05 bits per heavy atom. The molecule has 0 aliphatic heterocycles. The minimum Gasteiger partial charge on any atom is -0.179 e. The fraction of sp³-hybridized carbons (Fsp3) is 0.158. The van der Waals surface area contributed by atoms with Crippen LogP contribution in [0.5, 0.6) is 0 Å². The molecule has 0 aromatic heterocycles. The standard InChI is InChI=1S/C13H9.C6H7.2ClH.Ti/c1-3-7-12-10(5-1)9-11-6-2-4-8-13(11)12;1-6-4-2-3-5-6;;;/h1-5,7-8H,9H2;2,4H,3H2,1H3;2*1H;/q2*-1;;;+2/p-2. The predicted octanol–water partition coefficient (Wildman–Crippen LogP) is 6.13. The second-order valence-electron chi connectivity index (χ2n) is 4.93. The summed E-state index contributed by atoms with van der Waals surface area (Å²) >= 11 is -0.556. The van der Waals surface area contributed by atoms with E-state index in [1.807, 2.05) is 6.07 Å². The molecule has 0 N–H and O–H groups in total. The van der Waals surface area contributed by atoms with Crippen molar-refractivity contribution in [3.8, 4) is 11.1 Å². The topological polar surface area (TPSA) is 0 Å². The second-order valence-corrected chi connectivity index (χ2v) is 7.51. The van der Waals surface area contributed by atoms with Crippen molar-refractivity contribution in [3.63, 3.8) is 0 Å². The van der Waals surface area contributed by atoms with E-state index in [0.29, 0.717) is 0 Å². The quantitative estimate of drug-likeness (QED) is 0.333. The average molecular weight is 363 g/mol. The molecule has 22 heavy (non-hydrogen) atoms. The zero-order valence-corrected chi connectivity index (χ0v) is 15.4. The molecule has 0 amide bonds. The van der Waals surface area contributed by atoms with Crippen molar-refractivity contribution in [1.82, 2.24) is 0 Å². The van der Waals surface area contributed by atoms with Gasteiger partial charge < -0.3 is 0 Å². The van der Waals surface area contributed by atoms with Crippen LogP contribution in [-0.4, -0.2) is 0 Å². The number of rotatable bonds is 0. The van der Waals surface area contributed by atoms with Gasteiger partial charge in [-0.25, -0.2) is 11.6 Å². The molecule has 2 aromatic rings. The van der Waals surface area contributed by atoms with Gasteiger partial charge in [0.2, 0.25) is 0 Å². The molecule has 4 rings (SSSR count). The number of benzene rings is 2. The molecule has 0 nitrogen and oxygen atoms in total. The molecule has 0 saturated heterocycles. The van der Waals surface area contributed by atoms with Gasteiger partial charge in [0.05, 0.1) is 0 Å². The smallest absolute Gasteiger partial charge is 0.0253 e. The summed E-state index contributed by atoms with van der Waals surface area (Å²) in [6.45, 7) is 2.06. The molecular weight excluding hydrogens is 347 g/mol. The van der Waals surface area contributed by atoms with Crippen molar-refractivity contribution < 1.29 is 17.0 Å². The third kappa shape index (κ3) is 4.86. The number of hydrogen-bond donors (Lipinski definition) is 0. The number of halogens is 2. The van der Waals surface area contributed by atoms with Crippen LogP contribution in [0.4, 0.5) is 0 Å². The largest absolute Gasteiger partial charge is 0.179 e. The van der Waals surface area contributed by atoms with E-state index in [4.69, 9.17) is 18.6 Å². The summed E-state index contributed by atoms with van der Waals surface area (Å²) in [5.41, 5.74) is 6.78. The van der Waals surface area contributed by atoms with Crippen LogP contribution in [0.15, 0.2) is 60.2 Å². The van der Waals surface area contributed by atoms with E-state index >= 15 is 0 Å². The Labute approximate surface area is 149 Å². The molecule has 0 heterocycles. The number of hydrogen-bond acceptors (Lipinski definition) is 0. The maximum atomic E-state index is 4.89. The van der Waals surface area contributed by atoms with Gasteiger partial charge in [0.15, 0.2) is 0 Å². The van der Waals surface area contributed by atoms with Crippen molar-refractivity contribution in [3.05, 3.63) is 83.5 Å². The monoisotopic (exact) mass is 362 g/mol. The van der Waals surface area contributed by atoms with Gasteiger partial charge >= 0.3 is 35.6 Å². The molecule has 0 atom stereocenters. The molecule has 0 spiro atoms. The molecular formula is C19H16Cl2Ti-2. The maximum absolute atomic E-state index is 4.89. The summed E-state index contributed by atoms with van der Waals surface area (Å²) in [5, 5.41) is 0. The van der Waals surface area contributed by atoms with Crippen LogP contribution in [0.3, 0.4) is 0 Å². The summed E-state index contributed by atoms with van der Waals surface area (Å²) in [5.74, 6) is 0. The van der Waals surface area contributed by atoms with Gasteiger partial charge in [0, 0.05) is 0 Å². The predicted molar refractivity (Wildman–Crippen MR) is 91.4 cm³/mol. The Bertz CT molecular complexity index is 628. The van der Waals surface area contributed by atoms with Gasteiger partial charge in [-0.3, -0.25) is 6.08 Å². The molecule has 2 aliphatic rings. The van der Waals surface area contributed by atoms with Gasteiger partial charge in [0.25, 0.3) is 0 Å². The Morgan fingerprint density at radius 3 is 2.41 bits per heavy atom. The molecule has 0 saturated carbocycles. The van der Waals surface area contributed by atoms with Crippen LogP contribution in [0.1, 0.15) is 24.5 Å². The van der Waals surface area contributed by atoms with Gasteiger partial charge in [-0.05, 0) is 6.42 Å². The molecule has 0 fully saturated rings. The van der Waals surface area contributed by atoms with Gasteiger partial charge in [-0.2, -0.15) is 35.9 Å². The van der Waals surface area contributed by atoms with Crippen LogP contribution in [0, 0.1) is 12.1 Å². The van der Waals surface area contributed by atoms with E-state index < -0.39 is 17.0 Å². The fourth-order valence-electron chi connectivity index (χ4n) is 2.51. The Balaban J connectivity index is 0.000000165. The van der Waals surface area contributed by atoms with Crippen molar-refractivity contribution >= 4 is 18.6 Å². The second kappa shape index (κ2) is 9.37. The summed E-state index contributed by atoms with van der Waals surface area (Å²) in [6.07, 6.45) is 9.38. The average Bonchev–Trinajstić information content (AvgIpc) is 3.15. The zero-order chi connectivity index (χ0) is 15.8. The third-order valence-corrected chi connectivity index (χ3v) is 3.48. The summed E-state index contributed by atoms with van der Waals surface area (Å²) in [7, 11) is 9.78. The Kier molecular flexibility index (Phi) is 7.49. The number of fused-ring (bicyclic) bond motifs is 3. The minimum atomic E-state index is -0.556. The molecule has 0 bridgehead atoms. The van der Waals surface area contributed by atoms with E-state index in [9.17, 15) is 0 Å². The SMILES string of the molecule is CC1=[C-]CC=C1.[Cl][Ti][Cl].[c-]1cccc2c1Cc1ccccc1-2. The van der Waals surface area contributed by atoms with E-state index in [0.717, 1.165) is 12.8 Å². The van der Waals surface area contributed by atoms with Crippen molar-refractivity contribution in [2.75, 3.05) is 0 Å². The van der Waals surface area contributed by atoms with Crippen LogP contribution in [0.25, 0.3) is 11.1 Å². The first-order chi connectivity index (χ1) is 10.8. The van der Waals surface area contributed by atoms with Crippen molar-refractivity contribution in [2.45, 2.75) is 19.8 Å². The zero-order valence-electron chi connectivity index (χ0n) is 12.4. The first-order valence-electron chi connectivity index (χ1n) is 7.04. The van der Waals surface area contributed by atoms with Crippen LogP contribution >= 0.6 is 18.6 Å². The molecule has 0 radical (unpaired) electrons. The number of allylic oxidation sites excluding steroid dienone is 4. The van der Waals surface area contributed by atoms with Gasteiger partial charge in [0.1, 0.15) is 0 Å². The summed E-state index contributed by atoms with van der Waals surface area (Å²) in [6, 6.07) is 18.1. The first-order valence-corrected chi connectivity index (χ1v) is 11.3. The van der Waals surface area contributed by atoms with Crippen molar-refractivity contribution in [1.29, 1.82) is 0 Å². The summed E-state index contributed by atoms with van der Waals surface area (Å²) in [4.78, 5) is 0. The van der Waals surface area contributed by atoms with E-state index in [2.05, 4.69) is 67.6 Å². The fourth-order valence-corrected chi connectivity index (χ4v) is 2.51. The maximum Gasteiger partial charge on any atom is -0.0253 e.